The van der Waals surface area contributed by atoms with Crippen molar-refractivity contribution in [3.05, 3.63) is 29.8 Å². The van der Waals surface area contributed by atoms with E-state index in [0.29, 0.717) is 12.0 Å². The number of rotatable bonds is 6. The second-order valence-electron chi connectivity index (χ2n) is 7.37. The van der Waals surface area contributed by atoms with Crippen LogP contribution in [-0.4, -0.2) is 42.1 Å². The lowest BCUT2D eigenvalue weighted by Crippen LogP contribution is -2.49. The molecule has 0 saturated carbocycles. The van der Waals surface area contributed by atoms with E-state index in [1.165, 1.54) is 0 Å². The van der Waals surface area contributed by atoms with E-state index in [9.17, 15) is 4.79 Å². The highest BCUT2D eigenvalue weighted by Gasteiger charge is 2.24. The minimum Gasteiger partial charge on any atom is -0.481 e. The topological polar surface area (TPSA) is 41.6 Å². The predicted molar refractivity (Wildman–Crippen MR) is 98.5 cm³/mol. The van der Waals surface area contributed by atoms with Crippen molar-refractivity contribution >= 4 is 5.91 Å². The Morgan fingerprint density at radius 1 is 1.12 bits per heavy atom. The molecule has 1 aromatic carbocycles. The molecule has 1 heterocycles. The van der Waals surface area contributed by atoms with Gasteiger partial charge in [0, 0.05) is 25.2 Å². The van der Waals surface area contributed by atoms with Crippen LogP contribution in [0.4, 0.5) is 0 Å². The van der Waals surface area contributed by atoms with Crippen LogP contribution in [0.15, 0.2) is 24.3 Å². The molecule has 1 aromatic rings. The lowest BCUT2D eigenvalue weighted by Gasteiger charge is -2.35. The third kappa shape index (κ3) is 4.97. The van der Waals surface area contributed by atoms with Gasteiger partial charge in [0.25, 0.3) is 5.91 Å². The summed E-state index contributed by atoms with van der Waals surface area (Å²) in [6.07, 6.45) is 1.55. The maximum absolute atomic E-state index is 12.5. The fraction of sp³-hybridized carbons (Fsp3) is 0.650. The van der Waals surface area contributed by atoms with E-state index in [1.54, 1.807) is 0 Å². The van der Waals surface area contributed by atoms with E-state index in [0.717, 1.165) is 37.2 Å². The summed E-state index contributed by atoms with van der Waals surface area (Å²) >= 11 is 0. The van der Waals surface area contributed by atoms with E-state index in [-0.39, 0.29) is 11.9 Å². The number of nitrogens with zero attached hydrogens (tertiary/aromatic N) is 1. The molecule has 24 heavy (non-hydrogen) atoms. The quantitative estimate of drug-likeness (QED) is 0.866. The first-order valence-electron chi connectivity index (χ1n) is 9.18. The Morgan fingerprint density at radius 3 is 2.33 bits per heavy atom. The summed E-state index contributed by atoms with van der Waals surface area (Å²) in [6, 6.07) is 8.81. The largest absolute Gasteiger partial charge is 0.481 e. The molecule has 0 aliphatic carbocycles. The Hall–Kier alpha value is -1.55. The molecule has 4 heteroatoms. The molecule has 1 aliphatic rings. The molecule has 0 radical (unpaired) electrons. The van der Waals surface area contributed by atoms with Crippen molar-refractivity contribution in [3.63, 3.8) is 0 Å². The molecule has 0 bridgehead atoms. The van der Waals surface area contributed by atoms with E-state index in [2.05, 4.69) is 44.0 Å². The van der Waals surface area contributed by atoms with E-state index < -0.39 is 6.10 Å². The Morgan fingerprint density at radius 2 is 1.75 bits per heavy atom. The number of piperidine rings is 1. The number of hydrogen-bond acceptors (Lipinski definition) is 3. The number of para-hydroxylation sites is 1. The van der Waals surface area contributed by atoms with E-state index in [1.807, 2.05) is 25.1 Å². The van der Waals surface area contributed by atoms with Crippen LogP contribution >= 0.6 is 0 Å². The number of nitrogens with one attached hydrogen (secondary N) is 1. The molecule has 2 rings (SSSR count). The molecule has 1 amide bonds. The molecule has 4 nitrogen and oxygen atoms in total. The van der Waals surface area contributed by atoms with Gasteiger partial charge in [0.2, 0.25) is 0 Å². The Balaban J connectivity index is 1.87. The van der Waals surface area contributed by atoms with Gasteiger partial charge in [0.05, 0.1) is 0 Å². The zero-order valence-electron chi connectivity index (χ0n) is 15.7. The molecule has 1 fully saturated rings. The number of amides is 1. The smallest absolute Gasteiger partial charge is 0.260 e. The highest BCUT2D eigenvalue weighted by Crippen LogP contribution is 2.26. The van der Waals surface area contributed by atoms with Crippen molar-refractivity contribution in [2.75, 3.05) is 13.1 Å². The maximum Gasteiger partial charge on any atom is 0.260 e. The van der Waals surface area contributed by atoms with Crippen molar-refractivity contribution in [1.29, 1.82) is 0 Å². The van der Waals surface area contributed by atoms with Crippen molar-refractivity contribution in [2.24, 2.45) is 0 Å². The number of carbonyl (C=O) groups is 1. The van der Waals surface area contributed by atoms with Gasteiger partial charge in [-0.2, -0.15) is 0 Å². The zero-order chi connectivity index (χ0) is 17.7. The van der Waals surface area contributed by atoms with Gasteiger partial charge < -0.3 is 15.0 Å². The highest BCUT2D eigenvalue weighted by molar-refractivity contribution is 5.81. The number of likely N-dealkylation sites (tertiary alicyclic amines) is 1. The number of carbonyl (C=O) groups excluding carboxylic acids is 1. The molecule has 0 unspecified atom stereocenters. The van der Waals surface area contributed by atoms with Gasteiger partial charge in [-0.25, -0.2) is 0 Å². The van der Waals surface area contributed by atoms with Crippen LogP contribution in [-0.2, 0) is 4.79 Å². The van der Waals surface area contributed by atoms with Crippen molar-refractivity contribution in [2.45, 2.75) is 71.6 Å². The molecule has 1 saturated heterocycles. The first-order chi connectivity index (χ1) is 11.4. The number of ether oxygens (including phenoxy) is 1. The van der Waals surface area contributed by atoms with Crippen LogP contribution in [0.5, 0.6) is 5.75 Å². The summed E-state index contributed by atoms with van der Waals surface area (Å²) in [5.41, 5.74) is 1.14. The first kappa shape index (κ1) is 18.8. The molecule has 0 spiro atoms. The molecular weight excluding hydrogens is 300 g/mol. The van der Waals surface area contributed by atoms with Crippen LogP contribution in [0.25, 0.3) is 0 Å². The maximum atomic E-state index is 12.5. The second kappa shape index (κ2) is 8.52. The van der Waals surface area contributed by atoms with Crippen LogP contribution in [0.1, 0.15) is 58.9 Å². The van der Waals surface area contributed by atoms with Gasteiger partial charge in [-0.3, -0.25) is 4.79 Å². The van der Waals surface area contributed by atoms with Crippen LogP contribution in [0.3, 0.4) is 0 Å². The van der Waals surface area contributed by atoms with Crippen molar-refractivity contribution in [3.8, 4) is 5.75 Å². The Bertz CT molecular complexity index is 534. The Labute approximate surface area is 146 Å². The van der Waals surface area contributed by atoms with Gasteiger partial charge in [-0.05, 0) is 51.2 Å². The number of benzene rings is 1. The predicted octanol–water partition coefficient (Wildman–Crippen LogP) is 3.57. The van der Waals surface area contributed by atoms with Crippen molar-refractivity contribution in [1.82, 2.24) is 10.2 Å². The molecule has 1 aliphatic heterocycles. The Kier molecular flexibility index (Phi) is 6.67. The lowest BCUT2D eigenvalue weighted by atomic mass is 10.0. The normalized spacial score (nSPS) is 18.0. The third-order valence-corrected chi connectivity index (χ3v) is 4.82. The lowest BCUT2D eigenvalue weighted by molar-refractivity contribution is -0.128. The SMILES string of the molecule is CC(C)c1ccccc1O[C@@H](C)C(=O)NC1CCN(C(C)C)CC1. The third-order valence-electron chi connectivity index (χ3n) is 4.82. The molecule has 0 aromatic heterocycles. The molecular formula is C20H32N2O2. The summed E-state index contributed by atoms with van der Waals surface area (Å²) in [7, 11) is 0. The monoisotopic (exact) mass is 332 g/mol. The summed E-state index contributed by atoms with van der Waals surface area (Å²) in [5.74, 6) is 1.16. The van der Waals surface area contributed by atoms with E-state index in [4.69, 9.17) is 4.74 Å². The molecule has 134 valence electrons. The number of hydrogen-bond donors (Lipinski definition) is 1. The zero-order valence-corrected chi connectivity index (χ0v) is 15.7. The van der Waals surface area contributed by atoms with Gasteiger partial charge >= 0.3 is 0 Å². The standard InChI is InChI=1S/C20H32N2O2/c1-14(2)18-8-6-7-9-19(18)24-16(5)20(23)21-17-10-12-22(13-11-17)15(3)4/h6-9,14-17H,10-13H2,1-5H3,(H,21,23)/t16-/m0/s1. The van der Waals surface area contributed by atoms with Crippen LogP contribution < -0.4 is 10.1 Å². The average molecular weight is 332 g/mol. The fourth-order valence-corrected chi connectivity index (χ4v) is 3.19. The van der Waals surface area contributed by atoms with Gasteiger partial charge in [0.15, 0.2) is 6.10 Å². The summed E-state index contributed by atoms with van der Waals surface area (Å²) in [4.78, 5) is 14.9. The van der Waals surface area contributed by atoms with Crippen molar-refractivity contribution < 1.29 is 9.53 Å². The second-order valence-corrected chi connectivity index (χ2v) is 7.37. The molecule has 1 atom stereocenters. The first-order valence-corrected chi connectivity index (χ1v) is 9.18. The highest BCUT2D eigenvalue weighted by atomic mass is 16.5. The van der Waals surface area contributed by atoms with Gasteiger partial charge in [0.1, 0.15) is 5.75 Å². The summed E-state index contributed by atoms with van der Waals surface area (Å²) in [5, 5.41) is 3.16. The van der Waals surface area contributed by atoms with E-state index >= 15 is 0 Å². The van der Waals surface area contributed by atoms with Crippen LogP contribution in [0.2, 0.25) is 0 Å². The summed E-state index contributed by atoms with van der Waals surface area (Å²) in [6.45, 7) is 12.6. The van der Waals surface area contributed by atoms with Crippen LogP contribution in [0, 0.1) is 0 Å². The van der Waals surface area contributed by atoms with Gasteiger partial charge in [-0.15, -0.1) is 0 Å². The molecule has 1 N–H and O–H groups in total. The summed E-state index contributed by atoms with van der Waals surface area (Å²) < 4.78 is 5.95. The minimum atomic E-state index is -0.479. The average Bonchev–Trinajstić information content (AvgIpc) is 2.55. The van der Waals surface area contributed by atoms with Gasteiger partial charge in [-0.1, -0.05) is 32.0 Å². The minimum absolute atomic E-state index is 0.0171. The fourth-order valence-electron chi connectivity index (χ4n) is 3.19.